The molecule has 2 rings (SSSR count). The molecule has 0 spiro atoms. The SMILES string of the molecule is CCN(CC)C(=O)c1cccc(S(=O)(=O)Nc2ccc(C)cc2C)c1. The Labute approximate surface area is 149 Å². The van der Waals surface area contributed by atoms with E-state index in [0.717, 1.165) is 11.1 Å². The molecular formula is C19H24N2O3S. The van der Waals surface area contributed by atoms with Crippen molar-refractivity contribution in [3.8, 4) is 0 Å². The maximum atomic E-state index is 12.7. The summed E-state index contributed by atoms with van der Waals surface area (Å²) in [6.07, 6.45) is 0. The molecular weight excluding hydrogens is 336 g/mol. The van der Waals surface area contributed by atoms with E-state index in [4.69, 9.17) is 0 Å². The van der Waals surface area contributed by atoms with Crippen LogP contribution in [-0.4, -0.2) is 32.3 Å². The van der Waals surface area contributed by atoms with Crippen LogP contribution in [0.1, 0.15) is 35.3 Å². The molecule has 2 aromatic rings. The van der Waals surface area contributed by atoms with Crippen LogP contribution in [-0.2, 0) is 10.0 Å². The first-order valence-electron chi connectivity index (χ1n) is 8.28. The topological polar surface area (TPSA) is 66.5 Å². The van der Waals surface area contributed by atoms with Crippen molar-refractivity contribution in [2.45, 2.75) is 32.6 Å². The molecule has 0 aromatic heterocycles. The maximum absolute atomic E-state index is 12.7. The third-order valence-corrected chi connectivity index (χ3v) is 5.43. The zero-order chi connectivity index (χ0) is 18.6. The molecule has 0 saturated carbocycles. The van der Waals surface area contributed by atoms with Gasteiger partial charge in [0.25, 0.3) is 15.9 Å². The largest absolute Gasteiger partial charge is 0.339 e. The summed E-state index contributed by atoms with van der Waals surface area (Å²) in [5, 5.41) is 0. The number of hydrogen-bond donors (Lipinski definition) is 1. The molecule has 0 fully saturated rings. The van der Waals surface area contributed by atoms with E-state index in [9.17, 15) is 13.2 Å². The molecule has 1 amide bonds. The molecule has 0 atom stereocenters. The van der Waals surface area contributed by atoms with Crippen molar-refractivity contribution in [3.05, 3.63) is 59.2 Å². The van der Waals surface area contributed by atoms with Gasteiger partial charge in [-0.3, -0.25) is 9.52 Å². The summed E-state index contributed by atoms with van der Waals surface area (Å²) in [5.74, 6) is -0.173. The number of carbonyl (C=O) groups is 1. The summed E-state index contributed by atoms with van der Waals surface area (Å²) in [5.41, 5.74) is 2.81. The van der Waals surface area contributed by atoms with Crippen molar-refractivity contribution in [1.82, 2.24) is 4.90 Å². The highest BCUT2D eigenvalue weighted by atomic mass is 32.2. The fourth-order valence-electron chi connectivity index (χ4n) is 2.62. The van der Waals surface area contributed by atoms with Gasteiger partial charge in [-0.15, -0.1) is 0 Å². The predicted molar refractivity (Wildman–Crippen MR) is 100 cm³/mol. The van der Waals surface area contributed by atoms with E-state index in [-0.39, 0.29) is 10.8 Å². The molecule has 0 aliphatic rings. The molecule has 0 radical (unpaired) electrons. The molecule has 134 valence electrons. The summed E-state index contributed by atoms with van der Waals surface area (Å²) >= 11 is 0. The second-order valence-electron chi connectivity index (χ2n) is 5.93. The Morgan fingerprint density at radius 2 is 1.72 bits per heavy atom. The van der Waals surface area contributed by atoms with Gasteiger partial charge in [0.1, 0.15) is 0 Å². The Morgan fingerprint density at radius 1 is 1.04 bits per heavy atom. The first-order chi connectivity index (χ1) is 11.8. The lowest BCUT2D eigenvalue weighted by Crippen LogP contribution is -2.30. The third kappa shape index (κ3) is 4.39. The standard InChI is InChI=1S/C19H24N2O3S/c1-5-21(6-2)19(22)16-8-7-9-17(13-16)25(23,24)20-18-11-10-14(3)12-15(18)4/h7-13,20H,5-6H2,1-4H3. The number of anilines is 1. The summed E-state index contributed by atoms with van der Waals surface area (Å²) in [7, 11) is -3.76. The number of hydrogen-bond acceptors (Lipinski definition) is 3. The summed E-state index contributed by atoms with van der Waals surface area (Å²) in [6, 6.07) is 11.7. The van der Waals surface area contributed by atoms with Crippen molar-refractivity contribution >= 4 is 21.6 Å². The molecule has 6 heteroatoms. The van der Waals surface area contributed by atoms with Gasteiger partial charge in [0.15, 0.2) is 0 Å². The number of nitrogens with one attached hydrogen (secondary N) is 1. The van der Waals surface area contributed by atoms with E-state index in [1.165, 1.54) is 12.1 Å². The fraction of sp³-hybridized carbons (Fsp3) is 0.316. The molecule has 25 heavy (non-hydrogen) atoms. The van der Waals surface area contributed by atoms with Crippen LogP contribution >= 0.6 is 0 Å². The average molecular weight is 360 g/mol. The summed E-state index contributed by atoms with van der Waals surface area (Å²) in [6.45, 7) is 8.74. The van der Waals surface area contributed by atoms with Crippen LogP contribution in [0.15, 0.2) is 47.4 Å². The Kier molecular flexibility index (Phi) is 5.85. The van der Waals surface area contributed by atoms with Gasteiger partial charge in [-0.2, -0.15) is 0 Å². The lowest BCUT2D eigenvalue weighted by atomic mass is 10.1. The van der Waals surface area contributed by atoms with Gasteiger partial charge >= 0.3 is 0 Å². The predicted octanol–water partition coefficient (Wildman–Crippen LogP) is 3.59. The minimum absolute atomic E-state index is 0.0745. The zero-order valence-corrected chi connectivity index (χ0v) is 15.9. The average Bonchev–Trinajstić information content (AvgIpc) is 2.58. The van der Waals surface area contributed by atoms with Gasteiger partial charge in [0.05, 0.1) is 10.6 Å². The molecule has 0 heterocycles. The van der Waals surface area contributed by atoms with Gasteiger partial charge in [0.2, 0.25) is 0 Å². The van der Waals surface area contributed by atoms with Crippen LogP contribution in [0, 0.1) is 13.8 Å². The van der Waals surface area contributed by atoms with Crippen LogP contribution in [0.25, 0.3) is 0 Å². The van der Waals surface area contributed by atoms with Crippen LogP contribution in [0.2, 0.25) is 0 Å². The van der Waals surface area contributed by atoms with Crippen LogP contribution < -0.4 is 4.72 Å². The van der Waals surface area contributed by atoms with Crippen molar-refractivity contribution in [1.29, 1.82) is 0 Å². The van der Waals surface area contributed by atoms with E-state index >= 15 is 0 Å². The van der Waals surface area contributed by atoms with Crippen LogP contribution in [0.5, 0.6) is 0 Å². The van der Waals surface area contributed by atoms with Gasteiger partial charge in [0, 0.05) is 18.7 Å². The monoisotopic (exact) mass is 360 g/mol. The Bertz CT molecular complexity index is 872. The molecule has 2 aromatic carbocycles. The highest BCUT2D eigenvalue weighted by Gasteiger charge is 2.19. The fourth-order valence-corrected chi connectivity index (χ4v) is 3.80. The lowest BCUT2D eigenvalue weighted by molar-refractivity contribution is 0.0772. The van der Waals surface area contributed by atoms with Gasteiger partial charge < -0.3 is 4.90 Å². The van der Waals surface area contributed by atoms with E-state index in [1.807, 2.05) is 39.8 Å². The van der Waals surface area contributed by atoms with E-state index < -0.39 is 10.0 Å². The first kappa shape index (κ1) is 19.0. The third-order valence-electron chi connectivity index (χ3n) is 4.07. The summed E-state index contributed by atoms with van der Waals surface area (Å²) < 4.78 is 28.0. The number of benzene rings is 2. The maximum Gasteiger partial charge on any atom is 0.261 e. The highest BCUT2D eigenvalue weighted by Crippen LogP contribution is 2.21. The number of sulfonamides is 1. The van der Waals surface area contributed by atoms with Crippen LogP contribution in [0.4, 0.5) is 5.69 Å². The van der Waals surface area contributed by atoms with E-state index in [1.54, 1.807) is 23.1 Å². The minimum atomic E-state index is -3.76. The van der Waals surface area contributed by atoms with Crippen molar-refractivity contribution in [3.63, 3.8) is 0 Å². The molecule has 0 bridgehead atoms. The Balaban J connectivity index is 2.34. The molecule has 5 nitrogen and oxygen atoms in total. The smallest absolute Gasteiger partial charge is 0.261 e. The van der Waals surface area contributed by atoms with E-state index in [0.29, 0.717) is 24.3 Å². The molecule has 0 saturated heterocycles. The lowest BCUT2D eigenvalue weighted by Gasteiger charge is -2.19. The second kappa shape index (κ2) is 7.70. The molecule has 0 unspecified atom stereocenters. The number of amides is 1. The number of carbonyl (C=O) groups excluding carboxylic acids is 1. The zero-order valence-electron chi connectivity index (χ0n) is 15.0. The molecule has 0 aliphatic carbocycles. The van der Waals surface area contributed by atoms with Gasteiger partial charge in [-0.1, -0.05) is 23.8 Å². The van der Waals surface area contributed by atoms with Crippen molar-refractivity contribution < 1.29 is 13.2 Å². The van der Waals surface area contributed by atoms with Crippen LogP contribution in [0.3, 0.4) is 0 Å². The minimum Gasteiger partial charge on any atom is -0.339 e. The van der Waals surface area contributed by atoms with Gasteiger partial charge in [-0.25, -0.2) is 8.42 Å². The summed E-state index contributed by atoms with van der Waals surface area (Å²) in [4.78, 5) is 14.2. The van der Waals surface area contributed by atoms with Crippen molar-refractivity contribution in [2.24, 2.45) is 0 Å². The molecule has 0 aliphatic heterocycles. The quantitative estimate of drug-likeness (QED) is 0.856. The highest BCUT2D eigenvalue weighted by molar-refractivity contribution is 7.92. The second-order valence-corrected chi connectivity index (χ2v) is 7.61. The van der Waals surface area contributed by atoms with Crippen molar-refractivity contribution in [2.75, 3.05) is 17.8 Å². The van der Waals surface area contributed by atoms with E-state index in [2.05, 4.69) is 4.72 Å². The Hall–Kier alpha value is -2.34. The Morgan fingerprint density at radius 3 is 2.32 bits per heavy atom. The number of rotatable bonds is 6. The molecule has 1 N–H and O–H groups in total. The normalized spacial score (nSPS) is 11.2. The number of nitrogens with zero attached hydrogens (tertiary/aromatic N) is 1. The number of aryl methyl sites for hydroxylation is 2. The first-order valence-corrected chi connectivity index (χ1v) is 9.76. The van der Waals surface area contributed by atoms with Gasteiger partial charge in [-0.05, 0) is 57.5 Å².